The van der Waals surface area contributed by atoms with E-state index in [1.165, 1.54) is 27.3 Å². The maximum Gasteiger partial charge on any atom is 0.246 e. The number of carbonyl (C=O) groups is 2. The molecule has 1 aromatic rings. The summed E-state index contributed by atoms with van der Waals surface area (Å²) in [5.74, 6) is -0.231. The van der Waals surface area contributed by atoms with Crippen LogP contribution in [0.1, 0.15) is 21.7 Å². The van der Waals surface area contributed by atoms with E-state index in [1.54, 1.807) is 11.3 Å². The summed E-state index contributed by atoms with van der Waals surface area (Å²) < 4.78 is 0. The van der Waals surface area contributed by atoms with Crippen molar-refractivity contribution in [3.05, 3.63) is 21.4 Å². The Morgan fingerprint density at radius 3 is 2.65 bits per heavy atom. The van der Waals surface area contributed by atoms with Crippen molar-refractivity contribution in [2.24, 2.45) is 0 Å². The lowest BCUT2D eigenvalue weighted by Crippen LogP contribution is -2.36. The van der Waals surface area contributed by atoms with Crippen LogP contribution in [0.5, 0.6) is 0 Å². The zero-order chi connectivity index (χ0) is 12.6. The van der Waals surface area contributed by atoms with Crippen molar-refractivity contribution in [2.45, 2.75) is 32.9 Å². The fourth-order valence-electron chi connectivity index (χ4n) is 2.01. The minimum absolute atomic E-state index is 0.106. The van der Waals surface area contributed by atoms with E-state index in [-0.39, 0.29) is 24.3 Å². The van der Waals surface area contributed by atoms with E-state index >= 15 is 0 Å². The van der Waals surface area contributed by atoms with Crippen LogP contribution < -0.4 is 5.32 Å². The fourth-order valence-corrected chi connectivity index (χ4v) is 2.95. The van der Waals surface area contributed by atoms with Crippen molar-refractivity contribution in [2.75, 3.05) is 7.05 Å². The topological polar surface area (TPSA) is 49.4 Å². The summed E-state index contributed by atoms with van der Waals surface area (Å²) in [7, 11) is 1.53. The fraction of sp³-hybridized carbons (Fsp3) is 0.500. The van der Waals surface area contributed by atoms with Crippen molar-refractivity contribution < 1.29 is 9.59 Å². The van der Waals surface area contributed by atoms with Crippen molar-refractivity contribution in [1.82, 2.24) is 10.2 Å². The van der Waals surface area contributed by atoms with Gasteiger partial charge in [-0.2, -0.15) is 0 Å². The second kappa shape index (κ2) is 4.58. The Labute approximate surface area is 105 Å². The maximum absolute atomic E-state index is 11.7. The number of likely N-dealkylation sites (N-methyl/N-ethyl adjacent to an activating group) is 1. The van der Waals surface area contributed by atoms with Gasteiger partial charge < -0.3 is 5.32 Å². The number of thiophene rings is 1. The van der Waals surface area contributed by atoms with Gasteiger partial charge in [0.1, 0.15) is 0 Å². The molecule has 0 aromatic carbocycles. The molecule has 2 rings (SSSR count). The highest BCUT2D eigenvalue weighted by Crippen LogP contribution is 2.21. The van der Waals surface area contributed by atoms with Gasteiger partial charge in [-0.05, 0) is 25.5 Å². The predicted molar refractivity (Wildman–Crippen MR) is 66.8 cm³/mol. The van der Waals surface area contributed by atoms with E-state index in [9.17, 15) is 9.59 Å². The monoisotopic (exact) mass is 252 g/mol. The predicted octanol–water partition coefficient (Wildman–Crippen LogP) is 1.21. The number of hydrogen-bond acceptors (Lipinski definition) is 4. The minimum atomic E-state index is -0.355. The highest BCUT2D eigenvalue weighted by atomic mass is 32.1. The molecule has 92 valence electrons. The van der Waals surface area contributed by atoms with Gasteiger partial charge >= 0.3 is 0 Å². The van der Waals surface area contributed by atoms with E-state index in [0.717, 1.165) is 0 Å². The molecular formula is C12H16N2O2S. The summed E-state index contributed by atoms with van der Waals surface area (Å²) in [6, 6.07) is 1.77. The van der Waals surface area contributed by atoms with Gasteiger partial charge in [0, 0.05) is 23.3 Å². The van der Waals surface area contributed by atoms with Gasteiger partial charge in [-0.25, -0.2) is 0 Å². The number of likely N-dealkylation sites (tertiary alicyclic amines) is 1. The van der Waals surface area contributed by atoms with Crippen LogP contribution in [-0.2, 0) is 16.1 Å². The van der Waals surface area contributed by atoms with Gasteiger partial charge in [-0.15, -0.1) is 11.3 Å². The first-order chi connectivity index (χ1) is 7.99. The summed E-state index contributed by atoms with van der Waals surface area (Å²) in [5, 5.41) is 3.16. The summed E-state index contributed by atoms with van der Waals surface area (Å²) in [4.78, 5) is 26.7. The van der Waals surface area contributed by atoms with Crippen LogP contribution in [0.3, 0.4) is 0 Å². The average molecular weight is 252 g/mol. The zero-order valence-corrected chi connectivity index (χ0v) is 11.1. The second-order valence-electron chi connectivity index (χ2n) is 4.37. The molecule has 1 fully saturated rings. The molecule has 1 atom stereocenters. The molecule has 1 aromatic heterocycles. The molecule has 2 amide bonds. The number of imide groups is 1. The number of hydrogen-bond donors (Lipinski definition) is 1. The average Bonchev–Trinajstić information content (AvgIpc) is 2.71. The SMILES string of the molecule is Cc1cc(CNC2CC(=O)N(C)C2=O)c(C)s1. The molecule has 2 heterocycles. The molecule has 0 bridgehead atoms. The molecule has 1 aliphatic rings. The molecule has 17 heavy (non-hydrogen) atoms. The van der Waals surface area contributed by atoms with Crippen molar-refractivity contribution >= 4 is 23.2 Å². The Hall–Kier alpha value is -1.20. The van der Waals surface area contributed by atoms with E-state index < -0.39 is 0 Å². The lowest BCUT2D eigenvalue weighted by molar-refractivity contribution is -0.137. The highest BCUT2D eigenvalue weighted by molar-refractivity contribution is 7.12. The number of nitrogens with zero attached hydrogens (tertiary/aromatic N) is 1. The molecule has 0 aliphatic carbocycles. The standard InChI is InChI=1S/C12H16N2O2S/c1-7-4-9(8(2)17-7)6-13-10-5-11(15)14(3)12(10)16/h4,10,13H,5-6H2,1-3H3. The third-order valence-corrected chi connectivity index (χ3v) is 4.07. The summed E-state index contributed by atoms with van der Waals surface area (Å²) in [6.07, 6.45) is 0.275. The number of rotatable bonds is 3. The van der Waals surface area contributed by atoms with Crippen LogP contribution in [0, 0.1) is 13.8 Å². The Bertz CT molecular complexity index is 467. The van der Waals surface area contributed by atoms with Crippen molar-refractivity contribution in [3.8, 4) is 0 Å². The molecule has 0 radical (unpaired) electrons. The Balaban J connectivity index is 1.98. The Morgan fingerprint density at radius 1 is 1.47 bits per heavy atom. The molecule has 1 N–H and O–H groups in total. The third-order valence-electron chi connectivity index (χ3n) is 3.06. The van der Waals surface area contributed by atoms with Gasteiger partial charge in [0.15, 0.2) is 0 Å². The Kier molecular flexibility index (Phi) is 3.31. The number of carbonyl (C=O) groups excluding carboxylic acids is 2. The van der Waals surface area contributed by atoms with Gasteiger partial charge in [0.25, 0.3) is 0 Å². The third kappa shape index (κ3) is 2.40. The molecule has 5 heteroatoms. The Morgan fingerprint density at radius 2 is 2.18 bits per heavy atom. The summed E-state index contributed by atoms with van der Waals surface area (Å²) >= 11 is 1.75. The van der Waals surface area contributed by atoms with Gasteiger partial charge in [0.2, 0.25) is 11.8 Å². The second-order valence-corrected chi connectivity index (χ2v) is 5.83. The molecular weight excluding hydrogens is 236 g/mol. The maximum atomic E-state index is 11.7. The first-order valence-corrected chi connectivity index (χ1v) is 6.40. The lowest BCUT2D eigenvalue weighted by Gasteiger charge is -2.10. The smallest absolute Gasteiger partial charge is 0.246 e. The first-order valence-electron chi connectivity index (χ1n) is 5.58. The lowest BCUT2D eigenvalue weighted by atomic mass is 10.2. The quantitative estimate of drug-likeness (QED) is 0.823. The van der Waals surface area contributed by atoms with E-state index in [2.05, 4.69) is 25.2 Å². The van der Waals surface area contributed by atoms with E-state index in [0.29, 0.717) is 6.54 Å². The number of nitrogens with one attached hydrogen (secondary N) is 1. The summed E-state index contributed by atoms with van der Waals surface area (Å²) in [5.41, 5.74) is 1.21. The zero-order valence-electron chi connectivity index (χ0n) is 10.2. The molecule has 0 spiro atoms. The van der Waals surface area contributed by atoms with Crippen LogP contribution in [0.25, 0.3) is 0 Å². The van der Waals surface area contributed by atoms with Crippen molar-refractivity contribution in [1.29, 1.82) is 0 Å². The van der Waals surface area contributed by atoms with Gasteiger partial charge in [0.05, 0.1) is 12.5 Å². The number of aryl methyl sites for hydroxylation is 2. The van der Waals surface area contributed by atoms with Gasteiger partial charge in [-0.3, -0.25) is 14.5 Å². The summed E-state index contributed by atoms with van der Waals surface area (Å²) in [6.45, 7) is 4.79. The van der Waals surface area contributed by atoms with Crippen LogP contribution in [0.4, 0.5) is 0 Å². The van der Waals surface area contributed by atoms with Gasteiger partial charge in [-0.1, -0.05) is 0 Å². The van der Waals surface area contributed by atoms with Crippen molar-refractivity contribution in [3.63, 3.8) is 0 Å². The first kappa shape index (κ1) is 12.3. The van der Waals surface area contributed by atoms with E-state index in [4.69, 9.17) is 0 Å². The largest absolute Gasteiger partial charge is 0.301 e. The molecule has 1 unspecified atom stereocenters. The van der Waals surface area contributed by atoms with Crippen LogP contribution in [-0.4, -0.2) is 29.8 Å². The van der Waals surface area contributed by atoms with Crippen LogP contribution >= 0.6 is 11.3 Å². The minimum Gasteiger partial charge on any atom is -0.301 e. The van der Waals surface area contributed by atoms with E-state index in [1.807, 2.05) is 0 Å². The van der Waals surface area contributed by atoms with Crippen LogP contribution in [0.2, 0.25) is 0 Å². The van der Waals surface area contributed by atoms with Crippen LogP contribution in [0.15, 0.2) is 6.07 Å². The highest BCUT2D eigenvalue weighted by Gasteiger charge is 2.35. The number of amides is 2. The molecule has 0 saturated carbocycles. The molecule has 4 nitrogen and oxygen atoms in total. The molecule has 1 saturated heterocycles. The molecule has 1 aliphatic heterocycles. The normalized spacial score (nSPS) is 20.4.